The zero-order valence-electron chi connectivity index (χ0n) is 10.4. The van der Waals surface area contributed by atoms with Gasteiger partial charge in [-0.05, 0) is 36.4 Å². The molecule has 1 saturated carbocycles. The Labute approximate surface area is 114 Å². The van der Waals surface area contributed by atoms with Crippen LogP contribution >= 0.6 is 11.3 Å². The molecule has 2 N–H and O–H groups in total. The predicted molar refractivity (Wildman–Crippen MR) is 76.1 cm³/mol. The Kier molecular flexibility index (Phi) is 2.43. The first-order valence-electron chi connectivity index (χ1n) is 6.46. The third-order valence-electron chi connectivity index (χ3n) is 3.52. The van der Waals surface area contributed by atoms with Crippen LogP contribution in [0, 0.1) is 0 Å². The van der Waals surface area contributed by atoms with Crippen LogP contribution in [-0.4, -0.2) is 14.5 Å². The molecule has 0 saturated heterocycles. The van der Waals surface area contributed by atoms with Gasteiger partial charge in [0, 0.05) is 17.1 Å². The smallest absolute Gasteiger partial charge is 0.160 e. The Hall–Kier alpha value is -1.72. The summed E-state index contributed by atoms with van der Waals surface area (Å²) in [6.07, 6.45) is 4.22. The molecule has 0 amide bonds. The van der Waals surface area contributed by atoms with E-state index in [-0.39, 0.29) is 6.04 Å². The molecule has 19 heavy (non-hydrogen) atoms. The zero-order chi connectivity index (χ0) is 12.8. The van der Waals surface area contributed by atoms with Gasteiger partial charge in [0.2, 0.25) is 0 Å². The van der Waals surface area contributed by atoms with E-state index in [4.69, 9.17) is 10.7 Å². The first-order valence-corrected chi connectivity index (χ1v) is 7.34. The van der Waals surface area contributed by atoms with Crippen LogP contribution in [0.1, 0.15) is 35.6 Å². The monoisotopic (exact) mass is 270 g/mol. The lowest BCUT2D eigenvalue weighted by atomic mass is 10.2. The average Bonchev–Trinajstić information content (AvgIpc) is 3.01. The Morgan fingerprint density at radius 2 is 2.21 bits per heavy atom. The van der Waals surface area contributed by atoms with Crippen molar-refractivity contribution in [3.63, 3.8) is 0 Å². The number of hydrogen-bond acceptors (Lipinski definition) is 4. The molecule has 1 fully saturated rings. The molecule has 3 aromatic rings. The molecule has 1 atom stereocenters. The van der Waals surface area contributed by atoms with Gasteiger partial charge in [-0.1, -0.05) is 6.07 Å². The molecule has 5 heteroatoms. The van der Waals surface area contributed by atoms with Gasteiger partial charge < -0.3 is 10.3 Å². The van der Waals surface area contributed by atoms with E-state index in [2.05, 4.69) is 21.0 Å². The molecule has 0 aromatic carbocycles. The van der Waals surface area contributed by atoms with Crippen molar-refractivity contribution in [1.29, 1.82) is 0 Å². The number of hydrogen-bond donors (Lipinski definition) is 1. The van der Waals surface area contributed by atoms with E-state index in [0.29, 0.717) is 6.04 Å². The molecule has 1 aliphatic rings. The van der Waals surface area contributed by atoms with Crippen LogP contribution < -0.4 is 5.73 Å². The summed E-state index contributed by atoms with van der Waals surface area (Å²) in [6.45, 7) is 0. The van der Waals surface area contributed by atoms with Gasteiger partial charge in [0.05, 0.1) is 6.04 Å². The van der Waals surface area contributed by atoms with Gasteiger partial charge in [-0.3, -0.25) is 0 Å². The van der Waals surface area contributed by atoms with Crippen molar-refractivity contribution in [2.45, 2.75) is 24.9 Å². The van der Waals surface area contributed by atoms with E-state index in [1.165, 1.54) is 12.8 Å². The van der Waals surface area contributed by atoms with Crippen LogP contribution in [0.4, 0.5) is 0 Å². The number of imidazole rings is 1. The molecule has 1 aliphatic carbocycles. The minimum absolute atomic E-state index is 0.158. The second-order valence-electron chi connectivity index (χ2n) is 4.91. The maximum Gasteiger partial charge on any atom is 0.160 e. The van der Waals surface area contributed by atoms with Crippen molar-refractivity contribution < 1.29 is 0 Å². The van der Waals surface area contributed by atoms with E-state index >= 15 is 0 Å². The number of thiophene rings is 1. The standard InChI is InChI=1S/C14H14N4S/c15-12(11-4-2-8-19-11)14-17-10-3-1-7-16-13(10)18(14)9-5-6-9/h1-4,7-9,12H,5-6,15H2. The fourth-order valence-corrected chi connectivity index (χ4v) is 3.18. The van der Waals surface area contributed by atoms with Crippen LogP contribution in [0.3, 0.4) is 0 Å². The molecule has 0 aliphatic heterocycles. The van der Waals surface area contributed by atoms with Crippen molar-refractivity contribution >= 4 is 22.5 Å². The molecular weight excluding hydrogens is 256 g/mol. The van der Waals surface area contributed by atoms with E-state index in [1.807, 2.05) is 24.4 Å². The fourth-order valence-electron chi connectivity index (χ4n) is 2.45. The topological polar surface area (TPSA) is 56.7 Å². The van der Waals surface area contributed by atoms with Gasteiger partial charge in [0.15, 0.2) is 5.65 Å². The average molecular weight is 270 g/mol. The van der Waals surface area contributed by atoms with Crippen LogP contribution in [0.2, 0.25) is 0 Å². The Bertz CT molecular complexity index is 712. The van der Waals surface area contributed by atoms with Crippen LogP contribution in [-0.2, 0) is 0 Å². The summed E-state index contributed by atoms with van der Waals surface area (Å²) in [5.41, 5.74) is 8.30. The molecule has 0 spiro atoms. The fraction of sp³-hybridized carbons (Fsp3) is 0.286. The summed E-state index contributed by atoms with van der Waals surface area (Å²) < 4.78 is 2.24. The molecule has 4 rings (SSSR count). The number of aromatic nitrogens is 3. The number of nitrogens with two attached hydrogens (primary N) is 1. The summed E-state index contributed by atoms with van der Waals surface area (Å²) in [7, 11) is 0. The minimum Gasteiger partial charge on any atom is -0.317 e. The molecule has 96 valence electrons. The summed E-state index contributed by atoms with van der Waals surface area (Å²) in [5.74, 6) is 0.943. The summed E-state index contributed by atoms with van der Waals surface area (Å²) in [4.78, 5) is 10.3. The second kappa shape index (κ2) is 4.15. The molecule has 3 aromatic heterocycles. The van der Waals surface area contributed by atoms with Crippen LogP contribution in [0.25, 0.3) is 11.2 Å². The third kappa shape index (κ3) is 1.77. The highest BCUT2D eigenvalue weighted by Crippen LogP contribution is 2.40. The van der Waals surface area contributed by atoms with Gasteiger partial charge in [0.1, 0.15) is 11.3 Å². The quantitative estimate of drug-likeness (QED) is 0.796. The van der Waals surface area contributed by atoms with Crippen LogP contribution in [0.5, 0.6) is 0 Å². The van der Waals surface area contributed by atoms with Gasteiger partial charge in [0.25, 0.3) is 0 Å². The molecule has 0 radical (unpaired) electrons. The number of pyridine rings is 1. The maximum absolute atomic E-state index is 6.39. The van der Waals surface area contributed by atoms with Crippen molar-refractivity contribution in [1.82, 2.24) is 14.5 Å². The Morgan fingerprint density at radius 1 is 1.32 bits per heavy atom. The van der Waals surface area contributed by atoms with Crippen molar-refractivity contribution in [3.05, 3.63) is 46.5 Å². The van der Waals surface area contributed by atoms with E-state index < -0.39 is 0 Å². The molecule has 4 nitrogen and oxygen atoms in total. The summed E-state index contributed by atoms with van der Waals surface area (Å²) in [6, 6.07) is 8.40. The lowest BCUT2D eigenvalue weighted by molar-refractivity contribution is 0.659. The van der Waals surface area contributed by atoms with Crippen LogP contribution in [0.15, 0.2) is 35.8 Å². The van der Waals surface area contributed by atoms with Gasteiger partial charge in [-0.25, -0.2) is 9.97 Å². The van der Waals surface area contributed by atoms with Crippen molar-refractivity contribution in [2.75, 3.05) is 0 Å². The number of fused-ring (bicyclic) bond motifs is 1. The predicted octanol–water partition coefficient (Wildman–Crippen LogP) is 2.88. The molecule has 1 unspecified atom stereocenters. The van der Waals surface area contributed by atoms with E-state index in [1.54, 1.807) is 11.3 Å². The van der Waals surface area contributed by atoms with Crippen molar-refractivity contribution in [3.8, 4) is 0 Å². The maximum atomic E-state index is 6.39. The van der Waals surface area contributed by atoms with E-state index in [9.17, 15) is 0 Å². The lowest BCUT2D eigenvalue weighted by Crippen LogP contribution is -2.16. The SMILES string of the molecule is NC(c1cccs1)c1nc2cccnc2n1C1CC1. The molecule has 0 bridgehead atoms. The lowest BCUT2D eigenvalue weighted by Gasteiger charge is -2.12. The summed E-state index contributed by atoms with van der Waals surface area (Å²) >= 11 is 1.68. The van der Waals surface area contributed by atoms with Gasteiger partial charge in [-0.15, -0.1) is 11.3 Å². The zero-order valence-corrected chi connectivity index (χ0v) is 11.2. The van der Waals surface area contributed by atoms with Gasteiger partial charge >= 0.3 is 0 Å². The largest absolute Gasteiger partial charge is 0.317 e. The number of rotatable bonds is 3. The highest BCUT2D eigenvalue weighted by Gasteiger charge is 2.31. The third-order valence-corrected chi connectivity index (χ3v) is 4.47. The molecule has 3 heterocycles. The van der Waals surface area contributed by atoms with Gasteiger partial charge in [-0.2, -0.15) is 0 Å². The highest BCUT2D eigenvalue weighted by molar-refractivity contribution is 7.10. The summed E-state index contributed by atoms with van der Waals surface area (Å²) in [5, 5.41) is 2.05. The first-order chi connectivity index (χ1) is 9.34. The normalized spacial score (nSPS) is 16.9. The minimum atomic E-state index is -0.158. The van der Waals surface area contributed by atoms with E-state index in [0.717, 1.165) is 21.9 Å². The number of nitrogens with zero attached hydrogens (tertiary/aromatic N) is 3. The first kappa shape index (κ1) is 11.1. The molecular formula is C14H14N4S. The van der Waals surface area contributed by atoms with Crippen molar-refractivity contribution in [2.24, 2.45) is 5.73 Å². The second-order valence-corrected chi connectivity index (χ2v) is 5.89. The Morgan fingerprint density at radius 3 is 2.95 bits per heavy atom. The highest BCUT2D eigenvalue weighted by atomic mass is 32.1. The Balaban J connectivity index is 1.91.